The minimum atomic E-state index is -0.916. The first kappa shape index (κ1) is 42.3. The number of aryl methyl sites for hydroxylation is 1. The zero-order valence-corrected chi connectivity index (χ0v) is 29.6. The molecule has 0 aliphatic rings. The largest absolute Gasteiger partial charge is 0.460 e. The van der Waals surface area contributed by atoms with Crippen LogP contribution in [0.25, 0.3) is 0 Å². The molecule has 0 saturated heterocycles. The average molecular weight is 650 g/mol. The molecule has 0 spiro atoms. The maximum atomic E-state index is 12.5. The highest BCUT2D eigenvalue weighted by Gasteiger charge is 2.24. The lowest BCUT2D eigenvalue weighted by Crippen LogP contribution is -2.47. The Labute approximate surface area is 275 Å². The predicted molar refractivity (Wildman–Crippen MR) is 180 cm³/mol. The van der Waals surface area contributed by atoms with Gasteiger partial charge in [0, 0.05) is 25.4 Å². The molecule has 0 saturated carbocycles. The number of ether oxygens (including phenoxy) is 2. The summed E-state index contributed by atoms with van der Waals surface area (Å²) in [6, 6.07) is 7.15. The second kappa shape index (κ2) is 19.8. The van der Waals surface area contributed by atoms with Crippen LogP contribution in [0.5, 0.6) is 0 Å². The normalized spacial score (nSPS) is 12.8. The number of benzene rings is 1. The summed E-state index contributed by atoms with van der Waals surface area (Å²) >= 11 is 0. The lowest BCUT2D eigenvalue weighted by molar-refractivity contribution is -0.155. The van der Waals surface area contributed by atoms with E-state index in [0.29, 0.717) is 19.4 Å². The van der Waals surface area contributed by atoms with Crippen LogP contribution >= 0.6 is 0 Å². The highest BCUT2D eigenvalue weighted by atomic mass is 16.6. The summed E-state index contributed by atoms with van der Waals surface area (Å²) in [7, 11) is 0. The number of hydrogen-bond acceptors (Lipinski definition) is 8. The minimum absolute atomic E-state index is 0.00996. The van der Waals surface area contributed by atoms with E-state index in [1.54, 1.807) is 41.5 Å². The molecule has 4 amide bonds. The van der Waals surface area contributed by atoms with Gasteiger partial charge in [-0.1, -0.05) is 50.6 Å². The molecule has 12 nitrogen and oxygen atoms in total. The Bertz CT molecular complexity index is 1120. The van der Waals surface area contributed by atoms with Crippen molar-refractivity contribution in [2.45, 2.75) is 136 Å². The van der Waals surface area contributed by atoms with Crippen molar-refractivity contribution >= 4 is 29.8 Å². The molecule has 1 unspecified atom stereocenters. The lowest BCUT2D eigenvalue weighted by Gasteiger charge is -2.22. The van der Waals surface area contributed by atoms with E-state index in [2.05, 4.69) is 67.9 Å². The summed E-state index contributed by atoms with van der Waals surface area (Å²) in [6.07, 6.45) is 0.775. The quantitative estimate of drug-likeness (QED) is 0.148. The molecule has 0 aliphatic heterocycles. The molecule has 0 aliphatic carbocycles. The third kappa shape index (κ3) is 21.9. The highest BCUT2D eigenvalue weighted by Crippen LogP contribution is 2.21. The van der Waals surface area contributed by atoms with Gasteiger partial charge in [-0.25, -0.2) is 4.79 Å². The smallest absolute Gasteiger partial charge is 0.407 e. The van der Waals surface area contributed by atoms with Gasteiger partial charge in [-0.05, 0) is 85.1 Å². The van der Waals surface area contributed by atoms with Gasteiger partial charge in [0.25, 0.3) is 0 Å². The van der Waals surface area contributed by atoms with Gasteiger partial charge in [-0.3, -0.25) is 19.2 Å². The fourth-order valence-corrected chi connectivity index (χ4v) is 3.99. The number of hydrogen-bond donors (Lipinski definition) is 5. The summed E-state index contributed by atoms with van der Waals surface area (Å²) in [5.41, 5.74) is 12.5. The summed E-state index contributed by atoms with van der Waals surface area (Å²) in [6.45, 7) is 19.4. The standard InChI is InChI=1S/C23H43N5O7.C11H16/c1-22(2,3)34-19(31)11-10-15(27-18(30)14-24)13-17(29)28-16(20(25)32)9-7-8-12-26-21(33)35-23(4,5)6;1-9-5-7-10(8-6-9)11(2,3)4/h15-16H,7-14,24H2,1-6H3,(H2,25,32)(H,26,33)(H,27,30)(H,28,29);5-8H,1-4H3/t15-,16?;/m0./s1. The second-order valence-electron chi connectivity index (χ2n) is 14.4. The van der Waals surface area contributed by atoms with Gasteiger partial charge in [-0.15, -0.1) is 0 Å². The zero-order chi connectivity index (χ0) is 35.7. The van der Waals surface area contributed by atoms with E-state index in [9.17, 15) is 24.0 Å². The topological polar surface area (TPSA) is 192 Å². The highest BCUT2D eigenvalue weighted by molar-refractivity contribution is 5.87. The third-order valence-electron chi connectivity index (χ3n) is 6.28. The molecular weight excluding hydrogens is 590 g/mol. The number of rotatable bonds is 14. The number of carbonyl (C=O) groups excluding carboxylic acids is 5. The Morgan fingerprint density at radius 2 is 1.35 bits per heavy atom. The molecule has 1 aromatic rings. The molecule has 0 bridgehead atoms. The van der Waals surface area contributed by atoms with Crippen molar-refractivity contribution in [1.29, 1.82) is 0 Å². The van der Waals surface area contributed by atoms with Crippen LogP contribution in [-0.4, -0.2) is 66.2 Å². The summed E-state index contributed by atoms with van der Waals surface area (Å²) in [5, 5.41) is 7.79. The molecule has 0 heterocycles. The first-order chi connectivity index (χ1) is 21.0. The number of nitrogens with one attached hydrogen (secondary N) is 3. The van der Waals surface area contributed by atoms with Crippen LogP contribution < -0.4 is 27.4 Å². The Balaban J connectivity index is 0.00000153. The van der Waals surface area contributed by atoms with Gasteiger partial charge < -0.3 is 36.9 Å². The Morgan fingerprint density at radius 1 is 0.783 bits per heavy atom. The zero-order valence-electron chi connectivity index (χ0n) is 29.6. The molecule has 0 aromatic heterocycles. The van der Waals surface area contributed by atoms with E-state index in [1.165, 1.54) is 11.1 Å². The van der Waals surface area contributed by atoms with Crippen molar-refractivity contribution in [2.24, 2.45) is 11.5 Å². The number of carbonyl (C=O) groups is 5. The fourth-order valence-electron chi connectivity index (χ4n) is 3.99. The molecule has 2 atom stereocenters. The van der Waals surface area contributed by atoms with Crippen molar-refractivity contribution in [2.75, 3.05) is 13.1 Å². The second-order valence-corrected chi connectivity index (χ2v) is 14.4. The SMILES string of the molecule is CC(C)(C)OC(=O)CC[C@@H](CC(=O)NC(CCCCNC(=O)OC(C)(C)C)C(N)=O)NC(=O)CN.Cc1ccc(C(C)(C)C)cc1. The van der Waals surface area contributed by atoms with Crippen LogP contribution in [0.3, 0.4) is 0 Å². The van der Waals surface area contributed by atoms with Crippen molar-refractivity contribution in [1.82, 2.24) is 16.0 Å². The van der Waals surface area contributed by atoms with Gasteiger partial charge >= 0.3 is 12.1 Å². The van der Waals surface area contributed by atoms with Crippen molar-refractivity contribution in [3.8, 4) is 0 Å². The monoisotopic (exact) mass is 649 g/mol. The van der Waals surface area contributed by atoms with Gasteiger partial charge in [0.15, 0.2) is 0 Å². The van der Waals surface area contributed by atoms with Crippen LogP contribution in [0.4, 0.5) is 4.79 Å². The summed E-state index contributed by atoms with van der Waals surface area (Å²) in [5.74, 6) is -2.14. The molecule has 0 fully saturated rings. The lowest BCUT2D eigenvalue weighted by atomic mass is 9.87. The predicted octanol–water partition coefficient (Wildman–Crippen LogP) is 3.90. The van der Waals surface area contributed by atoms with Crippen LogP contribution in [0, 0.1) is 6.92 Å². The van der Waals surface area contributed by atoms with Gasteiger partial charge in [0.2, 0.25) is 17.7 Å². The molecule has 7 N–H and O–H groups in total. The van der Waals surface area contributed by atoms with E-state index in [0.717, 1.165) is 0 Å². The molecule has 46 heavy (non-hydrogen) atoms. The molecule has 1 rings (SSSR count). The van der Waals surface area contributed by atoms with Crippen molar-refractivity contribution < 1.29 is 33.4 Å². The van der Waals surface area contributed by atoms with E-state index >= 15 is 0 Å². The number of primary amides is 1. The van der Waals surface area contributed by atoms with Gasteiger partial charge in [0.05, 0.1) is 6.54 Å². The van der Waals surface area contributed by atoms with Crippen LogP contribution in [0.15, 0.2) is 24.3 Å². The van der Waals surface area contributed by atoms with E-state index in [4.69, 9.17) is 20.9 Å². The number of amides is 4. The molecule has 1 aromatic carbocycles. The Kier molecular flexibility index (Phi) is 18.2. The number of nitrogens with two attached hydrogens (primary N) is 2. The average Bonchev–Trinajstić information content (AvgIpc) is 2.88. The van der Waals surface area contributed by atoms with Crippen molar-refractivity contribution in [3.63, 3.8) is 0 Å². The van der Waals surface area contributed by atoms with E-state index in [-0.39, 0.29) is 37.6 Å². The van der Waals surface area contributed by atoms with Crippen LogP contribution in [0.1, 0.15) is 112 Å². The van der Waals surface area contributed by atoms with Crippen LogP contribution in [-0.2, 0) is 34.1 Å². The van der Waals surface area contributed by atoms with E-state index < -0.39 is 53.1 Å². The van der Waals surface area contributed by atoms with E-state index in [1.807, 2.05) is 0 Å². The maximum absolute atomic E-state index is 12.5. The molecule has 262 valence electrons. The summed E-state index contributed by atoms with van der Waals surface area (Å²) in [4.78, 5) is 59.7. The Hall–Kier alpha value is -3.67. The molecular formula is C34H59N5O7. The first-order valence-corrected chi connectivity index (χ1v) is 15.9. The summed E-state index contributed by atoms with van der Waals surface area (Å²) < 4.78 is 10.4. The Morgan fingerprint density at radius 3 is 1.83 bits per heavy atom. The maximum Gasteiger partial charge on any atom is 0.407 e. The number of esters is 1. The fraction of sp³-hybridized carbons (Fsp3) is 0.676. The number of alkyl carbamates (subject to hydrolysis) is 1. The van der Waals surface area contributed by atoms with Gasteiger partial charge in [-0.2, -0.15) is 0 Å². The molecule has 0 radical (unpaired) electrons. The minimum Gasteiger partial charge on any atom is -0.460 e. The third-order valence-corrected chi connectivity index (χ3v) is 6.28. The van der Waals surface area contributed by atoms with Crippen LogP contribution in [0.2, 0.25) is 0 Å². The first-order valence-electron chi connectivity index (χ1n) is 15.9. The number of unbranched alkanes of at least 4 members (excludes halogenated alkanes) is 1. The molecule has 12 heteroatoms. The van der Waals surface area contributed by atoms with Gasteiger partial charge in [0.1, 0.15) is 17.2 Å². The van der Waals surface area contributed by atoms with Crippen molar-refractivity contribution in [3.05, 3.63) is 35.4 Å².